The first-order valence-electron chi connectivity index (χ1n) is 5.38. The monoisotopic (exact) mass is 350 g/mol. The van der Waals surface area contributed by atoms with E-state index < -0.39 is 17.6 Å². The summed E-state index contributed by atoms with van der Waals surface area (Å²) < 4.78 is 37.8. The highest BCUT2D eigenvalue weighted by molar-refractivity contribution is 6.49. The number of pyridine rings is 1. The van der Waals surface area contributed by atoms with E-state index in [9.17, 15) is 13.2 Å². The van der Waals surface area contributed by atoms with Crippen LogP contribution in [0.3, 0.4) is 0 Å². The van der Waals surface area contributed by atoms with Crippen molar-refractivity contribution in [2.75, 3.05) is 0 Å². The first-order valence-corrected chi connectivity index (χ1v) is 6.51. The van der Waals surface area contributed by atoms with Crippen molar-refractivity contribution < 1.29 is 13.2 Å². The van der Waals surface area contributed by atoms with Crippen molar-refractivity contribution in [3.8, 4) is 17.2 Å². The van der Waals surface area contributed by atoms with Gasteiger partial charge in [-0.2, -0.15) is 18.4 Å². The lowest BCUT2D eigenvalue weighted by Crippen LogP contribution is -2.09. The van der Waals surface area contributed by atoms with E-state index in [2.05, 4.69) is 4.98 Å². The number of benzene rings is 1. The topological polar surface area (TPSA) is 36.7 Å². The zero-order valence-electron chi connectivity index (χ0n) is 9.97. The highest BCUT2D eigenvalue weighted by Gasteiger charge is 2.33. The van der Waals surface area contributed by atoms with Gasteiger partial charge in [-0.1, -0.05) is 40.9 Å². The molecule has 1 aromatic heterocycles. The Morgan fingerprint density at radius 2 is 1.57 bits per heavy atom. The van der Waals surface area contributed by atoms with E-state index in [1.165, 1.54) is 12.1 Å². The zero-order chi connectivity index (χ0) is 15.8. The number of rotatable bonds is 1. The predicted octanol–water partition coefficient (Wildman–Crippen LogP) is 5.60. The van der Waals surface area contributed by atoms with E-state index in [4.69, 9.17) is 40.1 Å². The van der Waals surface area contributed by atoms with E-state index >= 15 is 0 Å². The fourth-order valence-electron chi connectivity index (χ4n) is 1.65. The molecule has 0 amide bonds. The average Bonchev–Trinajstić information content (AvgIpc) is 2.43. The summed E-state index contributed by atoms with van der Waals surface area (Å²) in [5.74, 6) is 0. The highest BCUT2D eigenvalue weighted by Crippen LogP contribution is 2.39. The second-order valence-electron chi connectivity index (χ2n) is 3.93. The molecule has 2 rings (SSSR count). The summed E-state index contributed by atoms with van der Waals surface area (Å²) in [6, 6.07) is 6.41. The summed E-state index contributed by atoms with van der Waals surface area (Å²) >= 11 is 17.7. The molecular weight excluding hydrogens is 348 g/mol. The fraction of sp³-hybridized carbons (Fsp3) is 0.0769. The Kier molecular flexibility index (Phi) is 4.33. The maximum atomic E-state index is 12.6. The van der Waals surface area contributed by atoms with Gasteiger partial charge in [-0.15, -0.1) is 0 Å². The molecule has 0 radical (unpaired) electrons. The lowest BCUT2D eigenvalue weighted by molar-refractivity contribution is -0.141. The molecule has 0 aliphatic carbocycles. The molecule has 0 aliphatic heterocycles. The average molecular weight is 352 g/mol. The molecule has 108 valence electrons. The number of aromatic nitrogens is 1. The minimum absolute atomic E-state index is 0.0437. The molecule has 21 heavy (non-hydrogen) atoms. The Balaban J connectivity index is 2.66. The van der Waals surface area contributed by atoms with Crippen LogP contribution in [-0.4, -0.2) is 4.98 Å². The quantitative estimate of drug-likeness (QED) is 0.627. The van der Waals surface area contributed by atoms with Crippen LogP contribution in [-0.2, 0) is 6.18 Å². The molecule has 1 aromatic carbocycles. The molecule has 0 N–H and O–H groups in total. The van der Waals surface area contributed by atoms with E-state index in [1.807, 2.05) is 0 Å². The van der Waals surface area contributed by atoms with Crippen LogP contribution < -0.4 is 0 Å². The van der Waals surface area contributed by atoms with Crippen molar-refractivity contribution in [2.45, 2.75) is 6.18 Å². The van der Waals surface area contributed by atoms with Crippen LogP contribution in [0.25, 0.3) is 11.1 Å². The molecule has 0 atom stereocenters. The molecule has 0 saturated heterocycles. The Labute approximate surface area is 132 Å². The van der Waals surface area contributed by atoms with Crippen molar-refractivity contribution in [2.24, 2.45) is 0 Å². The van der Waals surface area contributed by atoms with Crippen LogP contribution in [0, 0.1) is 11.3 Å². The van der Waals surface area contributed by atoms with Gasteiger partial charge < -0.3 is 0 Å². The Hall–Kier alpha value is -1.48. The second-order valence-corrected chi connectivity index (χ2v) is 5.09. The van der Waals surface area contributed by atoms with Crippen molar-refractivity contribution >= 4 is 34.8 Å². The molecule has 0 spiro atoms. The Morgan fingerprint density at radius 1 is 0.952 bits per heavy atom. The van der Waals surface area contributed by atoms with E-state index in [0.29, 0.717) is 0 Å². The SMILES string of the molecule is N#Cc1nc(C(F)(F)F)ccc1-c1ccc(Cl)c(Cl)c1Cl. The van der Waals surface area contributed by atoms with Crippen molar-refractivity contribution in [1.82, 2.24) is 4.98 Å². The van der Waals surface area contributed by atoms with Crippen LogP contribution in [0.15, 0.2) is 24.3 Å². The van der Waals surface area contributed by atoms with Gasteiger partial charge in [-0.25, -0.2) is 4.98 Å². The number of nitriles is 1. The largest absolute Gasteiger partial charge is 0.433 e. The lowest BCUT2D eigenvalue weighted by Gasteiger charge is -2.11. The van der Waals surface area contributed by atoms with Crippen LogP contribution in [0.4, 0.5) is 13.2 Å². The van der Waals surface area contributed by atoms with Crippen molar-refractivity contribution in [3.05, 3.63) is 50.7 Å². The minimum Gasteiger partial charge on any atom is -0.232 e. The normalized spacial score (nSPS) is 11.3. The van der Waals surface area contributed by atoms with Crippen molar-refractivity contribution in [1.29, 1.82) is 5.26 Å². The van der Waals surface area contributed by atoms with Crippen molar-refractivity contribution in [3.63, 3.8) is 0 Å². The van der Waals surface area contributed by atoms with Gasteiger partial charge in [-0.05, 0) is 18.2 Å². The van der Waals surface area contributed by atoms with Crippen LogP contribution in [0.1, 0.15) is 11.4 Å². The smallest absolute Gasteiger partial charge is 0.232 e. The molecule has 2 nitrogen and oxygen atoms in total. The van der Waals surface area contributed by atoms with Gasteiger partial charge in [0.15, 0.2) is 0 Å². The van der Waals surface area contributed by atoms with Gasteiger partial charge in [0.25, 0.3) is 0 Å². The predicted molar refractivity (Wildman–Crippen MR) is 74.4 cm³/mol. The number of halogens is 6. The third-order valence-corrected chi connectivity index (χ3v) is 3.91. The molecule has 0 fully saturated rings. The summed E-state index contributed by atoms with van der Waals surface area (Å²) in [4.78, 5) is 3.31. The second kappa shape index (κ2) is 5.72. The summed E-state index contributed by atoms with van der Waals surface area (Å²) in [5, 5.41) is 9.30. The maximum absolute atomic E-state index is 12.6. The zero-order valence-corrected chi connectivity index (χ0v) is 12.2. The van der Waals surface area contributed by atoms with Gasteiger partial charge in [0.2, 0.25) is 0 Å². The fourth-order valence-corrected chi connectivity index (χ4v) is 2.29. The van der Waals surface area contributed by atoms with E-state index in [1.54, 1.807) is 6.07 Å². The summed E-state index contributed by atoms with van der Waals surface area (Å²) in [6.45, 7) is 0. The molecule has 1 heterocycles. The van der Waals surface area contributed by atoms with Crippen LogP contribution in [0.5, 0.6) is 0 Å². The molecule has 2 aromatic rings. The third-order valence-electron chi connectivity index (χ3n) is 2.62. The van der Waals surface area contributed by atoms with Gasteiger partial charge >= 0.3 is 6.18 Å². The number of hydrogen-bond donors (Lipinski definition) is 0. The standard InChI is InChI=1S/C13H4Cl3F3N2/c14-8-3-1-7(11(15)12(8)16)6-2-4-10(13(17,18)19)21-9(6)5-20/h1-4H. The Bertz CT molecular complexity index is 752. The first kappa shape index (κ1) is 15.9. The van der Waals surface area contributed by atoms with Gasteiger partial charge in [0.1, 0.15) is 17.5 Å². The molecule has 0 aliphatic rings. The van der Waals surface area contributed by atoms with Gasteiger partial charge in [0, 0.05) is 11.1 Å². The summed E-state index contributed by atoms with van der Waals surface area (Å²) in [7, 11) is 0. The number of hydrogen-bond acceptors (Lipinski definition) is 2. The van der Waals surface area contributed by atoms with Gasteiger partial charge in [-0.3, -0.25) is 0 Å². The third kappa shape index (κ3) is 3.08. The van der Waals surface area contributed by atoms with E-state index in [-0.39, 0.29) is 26.2 Å². The maximum Gasteiger partial charge on any atom is 0.433 e. The molecular formula is C13H4Cl3F3N2. The summed E-state index contributed by atoms with van der Waals surface area (Å²) in [5.41, 5.74) is -1.12. The van der Waals surface area contributed by atoms with Crippen LogP contribution in [0.2, 0.25) is 15.1 Å². The molecule has 8 heteroatoms. The first-order chi connectivity index (χ1) is 9.75. The molecule has 0 saturated carbocycles. The Morgan fingerprint density at radius 3 is 2.14 bits per heavy atom. The summed E-state index contributed by atoms with van der Waals surface area (Å²) in [6.07, 6.45) is -4.63. The number of alkyl halides is 3. The van der Waals surface area contributed by atoms with E-state index in [0.717, 1.165) is 12.1 Å². The lowest BCUT2D eigenvalue weighted by atomic mass is 10.0. The van der Waals surface area contributed by atoms with Gasteiger partial charge in [0.05, 0.1) is 15.1 Å². The highest BCUT2D eigenvalue weighted by atomic mass is 35.5. The number of nitrogens with zero attached hydrogens (tertiary/aromatic N) is 2. The van der Waals surface area contributed by atoms with Crippen LogP contribution >= 0.6 is 34.8 Å². The molecule has 0 bridgehead atoms. The molecule has 0 unspecified atom stereocenters. The minimum atomic E-state index is -4.63.